The van der Waals surface area contributed by atoms with Crippen LogP contribution in [0.2, 0.25) is 5.02 Å². The summed E-state index contributed by atoms with van der Waals surface area (Å²) in [4.78, 5) is 0. The quantitative estimate of drug-likeness (QED) is 0.905. The van der Waals surface area contributed by atoms with Gasteiger partial charge in [-0.1, -0.05) is 28.9 Å². The van der Waals surface area contributed by atoms with E-state index in [9.17, 15) is 0 Å². The Kier molecular flexibility index (Phi) is 3.76. The molecule has 0 saturated carbocycles. The molecule has 0 bridgehead atoms. The Labute approximate surface area is 106 Å². The van der Waals surface area contributed by atoms with Gasteiger partial charge in [0.1, 0.15) is 0 Å². The van der Waals surface area contributed by atoms with E-state index in [4.69, 9.17) is 11.6 Å². The molecule has 0 radical (unpaired) electrons. The lowest BCUT2D eigenvalue weighted by atomic mass is 10.0. The first kappa shape index (κ1) is 12.1. The zero-order valence-corrected chi connectivity index (χ0v) is 10.6. The molecule has 2 rings (SSSR count). The Balaban J connectivity index is 2.36. The minimum absolute atomic E-state index is 0.0854. The van der Waals surface area contributed by atoms with Crippen LogP contribution in [0, 0.1) is 0 Å². The van der Waals surface area contributed by atoms with Crippen molar-refractivity contribution in [2.75, 3.05) is 7.05 Å². The zero-order valence-electron chi connectivity index (χ0n) is 9.89. The number of benzene rings is 1. The van der Waals surface area contributed by atoms with E-state index in [-0.39, 0.29) is 6.04 Å². The monoisotopic (exact) mass is 250 g/mol. The second kappa shape index (κ2) is 5.29. The molecule has 0 fully saturated rings. The zero-order chi connectivity index (χ0) is 12.3. The Morgan fingerprint density at radius 3 is 2.65 bits per heavy atom. The molecule has 17 heavy (non-hydrogen) atoms. The van der Waals surface area contributed by atoms with Crippen molar-refractivity contribution in [2.24, 2.45) is 0 Å². The smallest absolute Gasteiger partial charge is 0.0801 e. The van der Waals surface area contributed by atoms with Gasteiger partial charge in [-0.05, 0) is 31.7 Å². The van der Waals surface area contributed by atoms with Crippen LogP contribution in [0.15, 0.2) is 30.5 Å². The second-order valence-corrected chi connectivity index (χ2v) is 4.18. The van der Waals surface area contributed by atoms with Gasteiger partial charge in [0.2, 0.25) is 0 Å². The molecular formula is C12H15ClN4. The molecule has 1 atom stereocenters. The Bertz CT molecular complexity index is 478. The van der Waals surface area contributed by atoms with Gasteiger partial charge in [-0.25, -0.2) is 4.68 Å². The molecule has 4 nitrogen and oxygen atoms in total. The summed E-state index contributed by atoms with van der Waals surface area (Å²) in [5.41, 5.74) is 2.20. The molecule has 0 spiro atoms. The van der Waals surface area contributed by atoms with Crippen LogP contribution in [0.4, 0.5) is 0 Å². The van der Waals surface area contributed by atoms with Gasteiger partial charge >= 0.3 is 0 Å². The van der Waals surface area contributed by atoms with Crippen molar-refractivity contribution in [3.63, 3.8) is 0 Å². The van der Waals surface area contributed by atoms with Crippen LogP contribution >= 0.6 is 11.6 Å². The first-order valence-corrected chi connectivity index (χ1v) is 5.95. The number of nitrogens with zero attached hydrogens (tertiary/aromatic N) is 3. The fourth-order valence-corrected chi connectivity index (χ4v) is 2.00. The summed E-state index contributed by atoms with van der Waals surface area (Å²) >= 11 is 5.89. The number of rotatable bonds is 4. The third-order valence-corrected chi connectivity index (χ3v) is 2.99. The lowest BCUT2D eigenvalue weighted by Crippen LogP contribution is -2.21. The summed E-state index contributed by atoms with van der Waals surface area (Å²) in [5, 5.41) is 12.0. The molecule has 0 aliphatic heterocycles. The molecular weight excluding hydrogens is 236 g/mol. The van der Waals surface area contributed by atoms with Gasteiger partial charge in [-0.3, -0.25) is 0 Å². The van der Waals surface area contributed by atoms with E-state index >= 15 is 0 Å². The van der Waals surface area contributed by atoms with Crippen LogP contribution in [-0.4, -0.2) is 22.0 Å². The lowest BCUT2D eigenvalue weighted by molar-refractivity contribution is 0.552. The van der Waals surface area contributed by atoms with Crippen LogP contribution in [0.25, 0.3) is 0 Å². The fourth-order valence-electron chi connectivity index (χ4n) is 1.88. The predicted molar refractivity (Wildman–Crippen MR) is 68.1 cm³/mol. The minimum atomic E-state index is 0.0854. The molecule has 1 unspecified atom stereocenters. The van der Waals surface area contributed by atoms with E-state index in [1.807, 2.05) is 42.9 Å². The van der Waals surface area contributed by atoms with Gasteiger partial charge < -0.3 is 5.32 Å². The minimum Gasteiger partial charge on any atom is -0.308 e. The molecule has 1 aromatic heterocycles. The highest BCUT2D eigenvalue weighted by atomic mass is 35.5. The Hall–Kier alpha value is -1.39. The van der Waals surface area contributed by atoms with Crippen molar-refractivity contribution < 1.29 is 0 Å². The summed E-state index contributed by atoms with van der Waals surface area (Å²) in [7, 11) is 1.92. The summed E-state index contributed by atoms with van der Waals surface area (Å²) in [6, 6.07) is 7.89. The average molecular weight is 251 g/mol. The summed E-state index contributed by atoms with van der Waals surface area (Å²) in [6.07, 6.45) is 1.79. The molecule has 1 heterocycles. The lowest BCUT2D eigenvalue weighted by Gasteiger charge is -2.17. The third kappa shape index (κ3) is 2.48. The number of nitrogens with one attached hydrogen (secondary N) is 1. The van der Waals surface area contributed by atoms with E-state index in [0.29, 0.717) is 0 Å². The van der Waals surface area contributed by atoms with E-state index in [1.54, 1.807) is 6.20 Å². The van der Waals surface area contributed by atoms with Crippen molar-refractivity contribution in [2.45, 2.75) is 19.5 Å². The van der Waals surface area contributed by atoms with Gasteiger partial charge in [0, 0.05) is 11.6 Å². The van der Waals surface area contributed by atoms with Gasteiger partial charge in [-0.15, -0.1) is 5.10 Å². The molecule has 1 N–H and O–H groups in total. The molecule has 0 saturated heterocycles. The number of aromatic nitrogens is 3. The van der Waals surface area contributed by atoms with Gasteiger partial charge in [0.15, 0.2) is 0 Å². The molecule has 1 aromatic carbocycles. The van der Waals surface area contributed by atoms with Gasteiger partial charge in [-0.2, -0.15) is 0 Å². The maximum Gasteiger partial charge on any atom is 0.0801 e. The molecule has 0 aliphatic carbocycles. The predicted octanol–water partition coefficient (Wildman–Crippen LogP) is 2.26. The number of hydrogen-bond acceptors (Lipinski definition) is 3. The van der Waals surface area contributed by atoms with E-state index < -0.39 is 0 Å². The van der Waals surface area contributed by atoms with Crippen LogP contribution < -0.4 is 5.32 Å². The third-order valence-electron chi connectivity index (χ3n) is 2.73. The normalized spacial score (nSPS) is 12.6. The van der Waals surface area contributed by atoms with E-state index in [2.05, 4.69) is 15.6 Å². The number of hydrogen-bond donors (Lipinski definition) is 1. The molecule has 90 valence electrons. The van der Waals surface area contributed by atoms with Crippen molar-refractivity contribution in [1.82, 2.24) is 20.3 Å². The topological polar surface area (TPSA) is 42.7 Å². The Morgan fingerprint density at radius 1 is 1.35 bits per heavy atom. The van der Waals surface area contributed by atoms with Crippen molar-refractivity contribution >= 4 is 11.6 Å². The standard InChI is InChI=1S/C12H15ClN4/c1-3-17-11(8-15-16-17)12(14-2)9-4-6-10(13)7-5-9/h4-8,12,14H,3H2,1-2H3. The first-order valence-electron chi connectivity index (χ1n) is 5.57. The Morgan fingerprint density at radius 2 is 2.06 bits per heavy atom. The molecule has 0 aliphatic rings. The van der Waals surface area contributed by atoms with Gasteiger partial charge in [0.25, 0.3) is 0 Å². The maximum atomic E-state index is 5.89. The van der Waals surface area contributed by atoms with E-state index in [1.165, 1.54) is 0 Å². The second-order valence-electron chi connectivity index (χ2n) is 3.75. The number of halogens is 1. The highest BCUT2D eigenvalue weighted by molar-refractivity contribution is 6.30. The van der Waals surface area contributed by atoms with Crippen LogP contribution in [0.5, 0.6) is 0 Å². The van der Waals surface area contributed by atoms with Crippen molar-refractivity contribution in [3.8, 4) is 0 Å². The van der Waals surface area contributed by atoms with E-state index in [0.717, 1.165) is 22.8 Å². The average Bonchev–Trinajstić information content (AvgIpc) is 2.81. The van der Waals surface area contributed by atoms with Gasteiger partial charge in [0.05, 0.1) is 17.9 Å². The number of aryl methyl sites for hydroxylation is 1. The highest BCUT2D eigenvalue weighted by Crippen LogP contribution is 2.22. The van der Waals surface area contributed by atoms with Crippen LogP contribution in [-0.2, 0) is 6.54 Å². The summed E-state index contributed by atoms with van der Waals surface area (Å²) in [6.45, 7) is 2.86. The molecule has 5 heteroatoms. The first-order chi connectivity index (χ1) is 8.26. The fraction of sp³-hybridized carbons (Fsp3) is 0.333. The summed E-state index contributed by atoms with van der Waals surface area (Å²) in [5.74, 6) is 0. The molecule has 0 amide bonds. The maximum absolute atomic E-state index is 5.89. The SMILES string of the molecule is CCn1nncc1C(NC)c1ccc(Cl)cc1. The van der Waals surface area contributed by atoms with Crippen LogP contribution in [0.3, 0.4) is 0 Å². The molecule has 2 aromatic rings. The van der Waals surface area contributed by atoms with Crippen molar-refractivity contribution in [3.05, 3.63) is 46.7 Å². The largest absolute Gasteiger partial charge is 0.308 e. The highest BCUT2D eigenvalue weighted by Gasteiger charge is 2.16. The summed E-state index contributed by atoms with van der Waals surface area (Å²) < 4.78 is 1.88. The van der Waals surface area contributed by atoms with Crippen molar-refractivity contribution in [1.29, 1.82) is 0 Å². The van der Waals surface area contributed by atoms with Crippen LogP contribution in [0.1, 0.15) is 24.2 Å².